The monoisotopic (exact) mass is 482 g/mol. The highest BCUT2D eigenvalue weighted by molar-refractivity contribution is 9.10. The number of carbonyl (C=O) groups is 1. The predicted octanol–water partition coefficient (Wildman–Crippen LogP) is 3.23. The zero-order valence-corrected chi connectivity index (χ0v) is 18.4. The fourth-order valence-corrected chi connectivity index (χ4v) is 4.17. The second kappa shape index (κ2) is 9.71. The minimum Gasteiger partial charge on any atom is -0.484 e. The van der Waals surface area contributed by atoms with Crippen molar-refractivity contribution in [2.75, 3.05) is 25.1 Å². The Labute approximate surface area is 179 Å². The van der Waals surface area contributed by atoms with Crippen LogP contribution in [0.3, 0.4) is 0 Å². The summed E-state index contributed by atoms with van der Waals surface area (Å²) < 4.78 is 39.1. The molecule has 0 aromatic heterocycles. The Morgan fingerprint density at radius 3 is 2.66 bits per heavy atom. The van der Waals surface area contributed by atoms with Crippen molar-refractivity contribution in [2.24, 2.45) is 0 Å². The van der Waals surface area contributed by atoms with E-state index in [0.717, 1.165) is 22.9 Å². The summed E-state index contributed by atoms with van der Waals surface area (Å²) in [5.74, 6) is 0.261. The van der Waals surface area contributed by atoms with Crippen molar-refractivity contribution in [3.05, 3.63) is 52.5 Å². The van der Waals surface area contributed by atoms with Crippen molar-refractivity contribution in [3.63, 3.8) is 0 Å². The van der Waals surface area contributed by atoms with Crippen LogP contribution in [-0.2, 0) is 19.6 Å². The minimum absolute atomic E-state index is 0.0714. The maximum atomic E-state index is 12.4. The maximum Gasteiger partial charge on any atom is 0.262 e. The van der Waals surface area contributed by atoms with E-state index in [1.807, 2.05) is 19.1 Å². The molecule has 156 valence electrons. The number of aryl methyl sites for hydroxylation is 1. The molecule has 7 nitrogen and oxygen atoms in total. The molecule has 0 radical (unpaired) electrons. The first-order valence-corrected chi connectivity index (χ1v) is 11.5. The molecular formula is C20H23BrN2O5S. The number of hydrogen-bond donors (Lipinski definition) is 2. The van der Waals surface area contributed by atoms with Gasteiger partial charge in [-0.1, -0.05) is 15.9 Å². The highest BCUT2D eigenvalue weighted by Gasteiger charge is 2.20. The van der Waals surface area contributed by atoms with E-state index in [9.17, 15) is 13.2 Å². The number of sulfonamides is 1. The Bertz CT molecular complexity index is 957. The van der Waals surface area contributed by atoms with Crippen LogP contribution in [0.5, 0.6) is 5.75 Å². The Kier molecular flexibility index (Phi) is 7.28. The van der Waals surface area contributed by atoms with Crippen molar-refractivity contribution in [1.29, 1.82) is 0 Å². The van der Waals surface area contributed by atoms with Crippen LogP contribution in [0.2, 0.25) is 0 Å². The molecule has 1 unspecified atom stereocenters. The van der Waals surface area contributed by atoms with Gasteiger partial charge in [-0.25, -0.2) is 13.1 Å². The van der Waals surface area contributed by atoms with Crippen molar-refractivity contribution in [3.8, 4) is 5.75 Å². The standard InChI is InChI=1S/C20H23BrN2O5S/c1-14-11-16(6-9-19(14)21)28-13-20(24)23-15-4-7-18(8-5-15)29(25,26)22-12-17-3-2-10-27-17/h4-9,11,17,22H,2-3,10,12-13H2,1H3,(H,23,24). The Morgan fingerprint density at radius 1 is 1.24 bits per heavy atom. The highest BCUT2D eigenvalue weighted by Crippen LogP contribution is 2.21. The summed E-state index contributed by atoms with van der Waals surface area (Å²) in [5, 5.41) is 2.69. The smallest absolute Gasteiger partial charge is 0.262 e. The van der Waals surface area contributed by atoms with Gasteiger partial charge in [0.1, 0.15) is 5.75 Å². The second-order valence-electron chi connectivity index (χ2n) is 6.76. The molecule has 0 aliphatic carbocycles. The summed E-state index contributed by atoms with van der Waals surface area (Å²) in [5.41, 5.74) is 1.50. The summed E-state index contributed by atoms with van der Waals surface area (Å²) >= 11 is 3.41. The lowest BCUT2D eigenvalue weighted by molar-refractivity contribution is -0.118. The van der Waals surface area contributed by atoms with Gasteiger partial charge < -0.3 is 14.8 Å². The molecule has 1 aliphatic heterocycles. The van der Waals surface area contributed by atoms with E-state index in [0.29, 0.717) is 18.0 Å². The normalized spacial score (nSPS) is 16.6. The molecule has 0 saturated carbocycles. The number of carbonyl (C=O) groups excluding carboxylic acids is 1. The SMILES string of the molecule is Cc1cc(OCC(=O)Nc2ccc(S(=O)(=O)NCC3CCCO3)cc2)ccc1Br. The molecule has 1 fully saturated rings. The van der Waals surface area contributed by atoms with Crippen LogP contribution >= 0.6 is 15.9 Å². The van der Waals surface area contributed by atoms with Gasteiger partial charge in [0, 0.05) is 23.3 Å². The van der Waals surface area contributed by atoms with E-state index in [1.165, 1.54) is 12.1 Å². The second-order valence-corrected chi connectivity index (χ2v) is 9.38. The molecule has 1 amide bonds. The first kappa shape index (κ1) is 21.8. The van der Waals surface area contributed by atoms with Gasteiger partial charge in [-0.15, -0.1) is 0 Å². The third-order valence-corrected chi connectivity index (χ3v) is 6.80. The highest BCUT2D eigenvalue weighted by atomic mass is 79.9. The van der Waals surface area contributed by atoms with E-state index >= 15 is 0 Å². The van der Waals surface area contributed by atoms with E-state index in [4.69, 9.17) is 9.47 Å². The van der Waals surface area contributed by atoms with Crippen LogP contribution in [0.4, 0.5) is 5.69 Å². The number of amides is 1. The zero-order valence-electron chi connectivity index (χ0n) is 16.0. The van der Waals surface area contributed by atoms with Gasteiger partial charge in [-0.3, -0.25) is 4.79 Å². The molecule has 1 atom stereocenters. The molecule has 2 aromatic carbocycles. The number of benzene rings is 2. The van der Waals surface area contributed by atoms with Gasteiger partial charge in [0.05, 0.1) is 11.0 Å². The summed E-state index contributed by atoms with van der Waals surface area (Å²) in [4.78, 5) is 12.2. The summed E-state index contributed by atoms with van der Waals surface area (Å²) in [6.45, 7) is 2.71. The van der Waals surface area contributed by atoms with Gasteiger partial charge in [0.25, 0.3) is 5.91 Å². The number of nitrogens with one attached hydrogen (secondary N) is 2. The number of ether oxygens (including phenoxy) is 2. The summed E-state index contributed by atoms with van der Waals surface area (Å²) in [7, 11) is -3.62. The van der Waals surface area contributed by atoms with Crippen molar-refractivity contribution >= 4 is 37.5 Å². The van der Waals surface area contributed by atoms with E-state index in [1.54, 1.807) is 18.2 Å². The quantitative estimate of drug-likeness (QED) is 0.602. The molecule has 2 N–H and O–H groups in total. The number of hydrogen-bond acceptors (Lipinski definition) is 5. The molecule has 1 saturated heterocycles. The third-order valence-electron chi connectivity index (χ3n) is 4.47. The van der Waals surface area contributed by atoms with Gasteiger partial charge in [0.15, 0.2) is 6.61 Å². The molecule has 0 spiro atoms. The predicted molar refractivity (Wildman–Crippen MR) is 114 cm³/mol. The van der Waals surface area contributed by atoms with Crippen LogP contribution in [-0.4, -0.2) is 40.2 Å². The van der Waals surface area contributed by atoms with Crippen molar-refractivity contribution in [2.45, 2.75) is 30.8 Å². The van der Waals surface area contributed by atoms with Gasteiger partial charge in [-0.05, 0) is 67.8 Å². The van der Waals surface area contributed by atoms with Gasteiger partial charge in [0.2, 0.25) is 10.0 Å². The molecule has 9 heteroatoms. The van der Waals surface area contributed by atoms with Gasteiger partial charge >= 0.3 is 0 Å². The largest absolute Gasteiger partial charge is 0.484 e. The fraction of sp³-hybridized carbons (Fsp3) is 0.350. The molecule has 1 heterocycles. The molecule has 29 heavy (non-hydrogen) atoms. The van der Waals surface area contributed by atoms with Crippen LogP contribution in [0.25, 0.3) is 0 Å². The number of anilines is 1. The Morgan fingerprint density at radius 2 is 2.00 bits per heavy atom. The lowest BCUT2D eigenvalue weighted by atomic mass is 10.2. The van der Waals surface area contributed by atoms with Gasteiger partial charge in [-0.2, -0.15) is 0 Å². The third kappa shape index (κ3) is 6.27. The first-order chi connectivity index (χ1) is 13.8. The van der Waals surface area contributed by atoms with Crippen molar-refractivity contribution in [1.82, 2.24) is 4.72 Å². The maximum absolute atomic E-state index is 12.4. The zero-order chi connectivity index (χ0) is 20.9. The Balaban J connectivity index is 1.51. The lowest BCUT2D eigenvalue weighted by Gasteiger charge is -2.12. The molecular weight excluding hydrogens is 460 g/mol. The molecule has 1 aliphatic rings. The average molecular weight is 483 g/mol. The fourth-order valence-electron chi connectivity index (χ4n) is 2.86. The van der Waals surface area contributed by atoms with Crippen LogP contribution in [0, 0.1) is 6.92 Å². The van der Waals surface area contributed by atoms with E-state index < -0.39 is 10.0 Å². The van der Waals surface area contributed by atoms with Crippen LogP contribution in [0.1, 0.15) is 18.4 Å². The number of halogens is 1. The Hall–Kier alpha value is -1.94. The van der Waals surface area contributed by atoms with Crippen LogP contribution < -0.4 is 14.8 Å². The lowest BCUT2D eigenvalue weighted by Crippen LogP contribution is -2.31. The summed E-state index contributed by atoms with van der Waals surface area (Å²) in [6, 6.07) is 11.5. The minimum atomic E-state index is -3.62. The molecule has 0 bridgehead atoms. The number of rotatable bonds is 8. The van der Waals surface area contributed by atoms with E-state index in [2.05, 4.69) is 26.0 Å². The first-order valence-electron chi connectivity index (χ1n) is 9.23. The molecule has 3 rings (SSSR count). The topological polar surface area (TPSA) is 93.7 Å². The summed E-state index contributed by atoms with van der Waals surface area (Å²) in [6.07, 6.45) is 1.74. The average Bonchev–Trinajstić information content (AvgIpc) is 3.22. The van der Waals surface area contributed by atoms with Crippen LogP contribution in [0.15, 0.2) is 51.8 Å². The molecule has 2 aromatic rings. The van der Waals surface area contributed by atoms with E-state index in [-0.39, 0.29) is 30.1 Å². The van der Waals surface area contributed by atoms with Crippen molar-refractivity contribution < 1.29 is 22.7 Å².